The molecule has 14 heavy (non-hydrogen) atoms. The van der Waals surface area contributed by atoms with E-state index in [2.05, 4.69) is 10.3 Å². The summed E-state index contributed by atoms with van der Waals surface area (Å²) in [6.45, 7) is 4.83. The van der Waals surface area contributed by atoms with Crippen LogP contribution in [-0.4, -0.2) is 22.6 Å². The summed E-state index contributed by atoms with van der Waals surface area (Å²) in [5, 5.41) is 12.8. The normalized spacial score (nSPS) is 12.7. The topological polar surface area (TPSA) is 62.2 Å². The molecule has 0 aliphatic rings. The monoisotopic (exact) mass is 214 g/mol. The molecule has 1 rings (SSSR count). The highest BCUT2D eigenvalue weighted by Crippen LogP contribution is 2.10. The molecular weight excluding hydrogens is 200 g/mol. The summed E-state index contributed by atoms with van der Waals surface area (Å²) in [4.78, 5) is 15.7. The van der Waals surface area contributed by atoms with E-state index in [-0.39, 0.29) is 5.92 Å². The van der Waals surface area contributed by atoms with E-state index in [1.54, 1.807) is 18.3 Å². The van der Waals surface area contributed by atoms with Crippen molar-refractivity contribution in [1.29, 1.82) is 0 Å². The Balaban J connectivity index is 2.25. The van der Waals surface area contributed by atoms with E-state index in [0.717, 1.165) is 9.88 Å². The van der Waals surface area contributed by atoms with Crippen LogP contribution in [0.15, 0.2) is 6.20 Å². The lowest BCUT2D eigenvalue weighted by molar-refractivity contribution is -0.140. The molecule has 5 heteroatoms. The minimum absolute atomic E-state index is 0.344. The highest BCUT2D eigenvalue weighted by molar-refractivity contribution is 7.11. The second-order valence-corrected chi connectivity index (χ2v) is 4.54. The van der Waals surface area contributed by atoms with Crippen LogP contribution in [0.4, 0.5) is 0 Å². The molecule has 0 saturated heterocycles. The van der Waals surface area contributed by atoms with Gasteiger partial charge in [-0.3, -0.25) is 4.79 Å². The maximum atomic E-state index is 10.5. The number of rotatable bonds is 5. The average Bonchev–Trinajstić information content (AvgIpc) is 2.51. The van der Waals surface area contributed by atoms with Gasteiger partial charge >= 0.3 is 5.97 Å². The third-order valence-corrected chi connectivity index (χ3v) is 2.75. The molecule has 78 valence electrons. The number of carbonyl (C=O) groups is 1. The molecule has 1 aromatic heterocycles. The van der Waals surface area contributed by atoms with Gasteiger partial charge in [0.05, 0.1) is 10.9 Å². The number of aromatic nitrogens is 1. The van der Waals surface area contributed by atoms with Gasteiger partial charge in [-0.15, -0.1) is 11.3 Å². The van der Waals surface area contributed by atoms with Crippen LogP contribution in [0.3, 0.4) is 0 Å². The molecule has 2 N–H and O–H groups in total. The lowest BCUT2D eigenvalue weighted by atomic mass is 10.2. The van der Waals surface area contributed by atoms with Crippen molar-refractivity contribution in [3.05, 3.63) is 16.1 Å². The minimum Gasteiger partial charge on any atom is -0.481 e. The summed E-state index contributed by atoms with van der Waals surface area (Å²) < 4.78 is 0. The Bertz CT molecular complexity index is 312. The molecule has 0 aliphatic carbocycles. The molecule has 0 radical (unpaired) electrons. The van der Waals surface area contributed by atoms with E-state index in [0.29, 0.717) is 13.1 Å². The lowest BCUT2D eigenvalue weighted by Crippen LogP contribution is -2.25. The highest BCUT2D eigenvalue weighted by atomic mass is 32.1. The highest BCUT2D eigenvalue weighted by Gasteiger charge is 2.09. The molecule has 1 atom stereocenters. The molecule has 0 amide bonds. The fourth-order valence-corrected chi connectivity index (χ4v) is 1.75. The van der Waals surface area contributed by atoms with E-state index >= 15 is 0 Å². The van der Waals surface area contributed by atoms with Crippen molar-refractivity contribution in [3.63, 3.8) is 0 Å². The van der Waals surface area contributed by atoms with E-state index in [1.807, 2.05) is 13.1 Å². The number of thiazole rings is 1. The standard InChI is InChI=1S/C9H14N2O2S/c1-6(9(12)13)3-10-4-8-5-11-7(2)14-8/h5-6,10H,3-4H2,1-2H3,(H,12,13). The largest absolute Gasteiger partial charge is 0.481 e. The van der Waals surface area contributed by atoms with Crippen LogP contribution in [0.1, 0.15) is 16.8 Å². The fraction of sp³-hybridized carbons (Fsp3) is 0.556. The van der Waals surface area contributed by atoms with Crippen LogP contribution < -0.4 is 5.32 Å². The zero-order chi connectivity index (χ0) is 10.6. The maximum Gasteiger partial charge on any atom is 0.307 e. The van der Waals surface area contributed by atoms with Crippen LogP contribution in [0.5, 0.6) is 0 Å². The zero-order valence-corrected chi connectivity index (χ0v) is 9.10. The first kappa shape index (κ1) is 11.1. The van der Waals surface area contributed by atoms with Crippen LogP contribution in [0, 0.1) is 12.8 Å². The second kappa shape index (κ2) is 5.07. The Morgan fingerprint density at radius 2 is 2.50 bits per heavy atom. The molecule has 1 unspecified atom stereocenters. The number of carboxylic acids is 1. The van der Waals surface area contributed by atoms with Gasteiger partial charge in [0, 0.05) is 24.2 Å². The number of hydrogen-bond donors (Lipinski definition) is 2. The first-order valence-corrected chi connectivity index (χ1v) is 5.26. The summed E-state index contributed by atoms with van der Waals surface area (Å²) in [5.41, 5.74) is 0. The Kier molecular flexibility index (Phi) is 4.03. The Hall–Kier alpha value is -0.940. The molecule has 4 nitrogen and oxygen atoms in total. The van der Waals surface area contributed by atoms with E-state index in [9.17, 15) is 4.79 Å². The van der Waals surface area contributed by atoms with Gasteiger partial charge < -0.3 is 10.4 Å². The molecule has 0 aliphatic heterocycles. The van der Waals surface area contributed by atoms with Crippen molar-refractivity contribution in [2.75, 3.05) is 6.54 Å². The summed E-state index contributed by atoms with van der Waals surface area (Å²) in [7, 11) is 0. The van der Waals surface area contributed by atoms with Gasteiger partial charge in [0.2, 0.25) is 0 Å². The predicted octanol–water partition coefficient (Wildman–Crippen LogP) is 1.26. The van der Waals surface area contributed by atoms with Crippen LogP contribution in [0.2, 0.25) is 0 Å². The fourth-order valence-electron chi connectivity index (χ4n) is 0.986. The molecule has 1 aromatic rings. The lowest BCUT2D eigenvalue weighted by Gasteiger charge is -2.06. The number of carboxylic acid groups (broad SMARTS) is 1. The Labute approximate surface area is 87.0 Å². The van der Waals surface area contributed by atoms with Gasteiger partial charge in [0.1, 0.15) is 0 Å². The maximum absolute atomic E-state index is 10.5. The van der Waals surface area contributed by atoms with Gasteiger partial charge in [-0.05, 0) is 6.92 Å². The number of nitrogens with one attached hydrogen (secondary N) is 1. The number of aliphatic carboxylic acids is 1. The second-order valence-electron chi connectivity index (χ2n) is 3.22. The van der Waals surface area contributed by atoms with Crippen molar-refractivity contribution in [2.24, 2.45) is 5.92 Å². The van der Waals surface area contributed by atoms with E-state index in [4.69, 9.17) is 5.11 Å². The van der Waals surface area contributed by atoms with Crippen molar-refractivity contribution >= 4 is 17.3 Å². The van der Waals surface area contributed by atoms with Crippen molar-refractivity contribution < 1.29 is 9.90 Å². The van der Waals surface area contributed by atoms with Crippen LogP contribution >= 0.6 is 11.3 Å². The molecule has 0 saturated carbocycles. The summed E-state index contributed by atoms with van der Waals surface area (Å²) in [6.07, 6.45) is 1.82. The molecule has 1 heterocycles. The Morgan fingerprint density at radius 1 is 1.79 bits per heavy atom. The van der Waals surface area contributed by atoms with Gasteiger partial charge in [-0.2, -0.15) is 0 Å². The molecule has 0 bridgehead atoms. The summed E-state index contributed by atoms with van der Waals surface area (Å²) in [6, 6.07) is 0. The quantitative estimate of drug-likeness (QED) is 0.774. The van der Waals surface area contributed by atoms with E-state index < -0.39 is 5.97 Å². The third kappa shape index (κ3) is 3.43. The van der Waals surface area contributed by atoms with Gasteiger partial charge in [-0.1, -0.05) is 6.92 Å². The predicted molar refractivity (Wildman–Crippen MR) is 55.4 cm³/mol. The third-order valence-electron chi connectivity index (χ3n) is 1.84. The SMILES string of the molecule is Cc1ncc(CNCC(C)C(=O)O)s1. The van der Waals surface area contributed by atoms with Crippen molar-refractivity contribution in [1.82, 2.24) is 10.3 Å². The Morgan fingerprint density at radius 3 is 3.00 bits per heavy atom. The summed E-state index contributed by atoms with van der Waals surface area (Å²) >= 11 is 1.63. The van der Waals surface area contributed by atoms with Gasteiger partial charge in [0.25, 0.3) is 0 Å². The first-order valence-electron chi connectivity index (χ1n) is 4.44. The number of aryl methyl sites for hydroxylation is 1. The molecule has 0 fully saturated rings. The van der Waals surface area contributed by atoms with Crippen LogP contribution in [0.25, 0.3) is 0 Å². The van der Waals surface area contributed by atoms with Crippen molar-refractivity contribution in [3.8, 4) is 0 Å². The first-order chi connectivity index (χ1) is 6.59. The van der Waals surface area contributed by atoms with Crippen molar-refractivity contribution in [2.45, 2.75) is 20.4 Å². The smallest absolute Gasteiger partial charge is 0.307 e. The number of nitrogens with zero attached hydrogens (tertiary/aromatic N) is 1. The van der Waals surface area contributed by atoms with E-state index in [1.165, 1.54) is 0 Å². The van der Waals surface area contributed by atoms with Gasteiger partial charge in [-0.25, -0.2) is 4.98 Å². The summed E-state index contributed by atoms with van der Waals surface area (Å²) in [5.74, 6) is -1.11. The van der Waals surface area contributed by atoms with Gasteiger partial charge in [0.15, 0.2) is 0 Å². The minimum atomic E-state index is -0.766. The van der Waals surface area contributed by atoms with Crippen LogP contribution in [-0.2, 0) is 11.3 Å². The molecule has 0 spiro atoms. The average molecular weight is 214 g/mol. The zero-order valence-electron chi connectivity index (χ0n) is 8.28. The molecular formula is C9H14N2O2S. The molecule has 0 aromatic carbocycles. The number of hydrogen-bond acceptors (Lipinski definition) is 4.